The summed E-state index contributed by atoms with van der Waals surface area (Å²) in [5, 5.41) is 6.44. The van der Waals surface area contributed by atoms with E-state index < -0.39 is 0 Å². The van der Waals surface area contributed by atoms with Crippen molar-refractivity contribution in [2.45, 2.75) is 19.4 Å². The molecule has 1 aromatic heterocycles. The maximum absolute atomic E-state index is 12.4. The van der Waals surface area contributed by atoms with Gasteiger partial charge >= 0.3 is 0 Å². The van der Waals surface area contributed by atoms with Crippen LogP contribution in [0.15, 0.2) is 42.9 Å². The van der Waals surface area contributed by atoms with Crippen LogP contribution in [-0.4, -0.2) is 35.0 Å². The summed E-state index contributed by atoms with van der Waals surface area (Å²) >= 11 is 0. The second-order valence-electron chi connectivity index (χ2n) is 5.72. The van der Waals surface area contributed by atoms with E-state index in [0.717, 1.165) is 19.5 Å². The number of benzene rings is 1. The molecule has 1 aliphatic rings. The minimum absolute atomic E-state index is 0.0756. The van der Waals surface area contributed by atoms with Gasteiger partial charge in [0.05, 0.1) is 6.20 Å². The number of hydrogen-bond donors (Lipinski definition) is 2. The Kier molecular flexibility index (Phi) is 4.83. The largest absolute Gasteiger partial charge is 0.437 e. The van der Waals surface area contributed by atoms with Gasteiger partial charge in [-0.3, -0.25) is 9.78 Å². The van der Waals surface area contributed by atoms with Crippen molar-refractivity contribution in [3.05, 3.63) is 48.4 Å². The Morgan fingerprint density at radius 3 is 3.09 bits per heavy atom. The summed E-state index contributed by atoms with van der Waals surface area (Å²) < 4.78 is 5.62. The van der Waals surface area contributed by atoms with Crippen LogP contribution in [0.3, 0.4) is 0 Å². The van der Waals surface area contributed by atoms with E-state index in [1.54, 1.807) is 36.7 Å². The van der Waals surface area contributed by atoms with Gasteiger partial charge in [0.2, 0.25) is 5.88 Å². The van der Waals surface area contributed by atoms with E-state index in [9.17, 15) is 4.79 Å². The zero-order chi connectivity index (χ0) is 16.1. The van der Waals surface area contributed by atoms with Gasteiger partial charge in [0.1, 0.15) is 5.75 Å². The number of ether oxygens (including phenoxy) is 1. The molecule has 1 fully saturated rings. The Labute approximate surface area is 135 Å². The lowest BCUT2D eigenvalue weighted by Crippen LogP contribution is -2.48. The van der Waals surface area contributed by atoms with Crippen LogP contribution in [-0.2, 0) is 0 Å². The summed E-state index contributed by atoms with van der Waals surface area (Å²) in [6.07, 6.45) is 5.62. The smallest absolute Gasteiger partial charge is 0.251 e. The van der Waals surface area contributed by atoms with Crippen molar-refractivity contribution < 1.29 is 9.53 Å². The maximum Gasteiger partial charge on any atom is 0.251 e. The standard InChI is InChI=1S/C17H20N4O2/c1-12-10-18-6-5-15(12)21-17(22)13-3-2-4-14(9-13)23-16-11-19-7-8-20-16/h2-4,7-9,11-12,15,18H,5-6,10H2,1H3,(H,21,22). The Balaban J connectivity index is 1.67. The van der Waals surface area contributed by atoms with Crippen LogP contribution in [0.2, 0.25) is 0 Å². The van der Waals surface area contributed by atoms with E-state index in [-0.39, 0.29) is 11.9 Å². The highest BCUT2D eigenvalue weighted by Gasteiger charge is 2.23. The van der Waals surface area contributed by atoms with Gasteiger partial charge in [0, 0.05) is 24.0 Å². The Bertz CT molecular complexity index is 663. The number of nitrogens with one attached hydrogen (secondary N) is 2. The molecule has 1 aliphatic heterocycles. The molecule has 2 heterocycles. The number of rotatable bonds is 4. The number of aromatic nitrogens is 2. The highest BCUT2D eigenvalue weighted by Crippen LogP contribution is 2.20. The van der Waals surface area contributed by atoms with Crippen molar-refractivity contribution in [2.24, 2.45) is 5.92 Å². The second-order valence-corrected chi connectivity index (χ2v) is 5.72. The molecule has 0 radical (unpaired) electrons. The first-order valence-electron chi connectivity index (χ1n) is 7.78. The number of carbonyl (C=O) groups is 1. The van der Waals surface area contributed by atoms with Crippen molar-refractivity contribution >= 4 is 5.91 Å². The number of nitrogens with zero attached hydrogens (tertiary/aromatic N) is 2. The molecule has 0 aliphatic carbocycles. The van der Waals surface area contributed by atoms with Crippen molar-refractivity contribution in [1.29, 1.82) is 0 Å². The summed E-state index contributed by atoms with van der Waals surface area (Å²) in [7, 11) is 0. The van der Waals surface area contributed by atoms with Crippen molar-refractivity contribution in [3.8, 4) is 11.6 Å². The van der Waals surface area contributed by atoms with E-state index in [0.29, 0.717) is 23.1 Å². The molecule has 2 N–H and O–H groups in total. The molecule has 6 heteroatoms. The van der Waals surface area contributed by atoms with Gasteiger partial charge in [-0.2, -0.15) is 0 Å². The molecular weight excluding hydrogens is 292 g/mol. The first-order valence-corrected chi connectivity index (χ1v) is 7.78. The summed E-state index contributed by atoms with van der Waals surface area (Å²) in [5.74, 6) is 1.31. The normalized spacial score (nSPS) is 20.7. The monoisotopic (exact) mass is 312 g/mol. The van der Waals surface area contributed by atoms with Gasteiger partial charge in [-0.15, -0.1) is 0 Å². The predicted octanol–water partition coefficient (Wildman–Crippen LogP) is 2.00. The Morgan fingerprint density at radius 1 is 1.39 bits per heavy atom. The average Bonchev–Trinajstić information content (AvgIpc) is 2.58. The molecule has 1 aromatic carbocycles. The predicted molar refractivity (Wildman–Crippen MR) is 86.5 cm³/mol. The molecule has 0 saturated carbocycles. The van der Waals surface area contributed by atoms with E-state index in [1.165, 1.54) is 6.20 Å². The maximum atomic E-state index is 12.4. The molecule has 1 saturated heterocycles. The lowest BCUT2D eigenvalue weighted by atomic mass is 9.95. The Hall–Kier alpha value is -2.47. The summed E-state index contributed by atoms with van der Waals surface area (Å²) in [6.45, 7) is 4.01. The average molecular weight is 312 g/mol. The van der Waals surface area contributed by atoms with Crippen molar-refractivity contribution in [2.75, 3.05) is 13.1 Å². The topological polar surface area (TPSA) is 76.1 Å². The zero-order valence-electron chi connectivity index (χ0n) is 13.0. The molecule has 2 unspecified atom stereocenters. The summed E-state index contributed by atoms with van der Waals surface area (Å²) in [4.78, 5) is 20.5. The molecule has 2 atom stereocenters. The fourth-order valence-corrected chi connectivity index (χ4v) is 2.64. The lowest BCUT2D eigenvalue weighted by Gasteiger charge is -2.30. The molecule has 1 amide bonds. The number of amides is 1. The lowest BCUT2D eigenvalue weighted by molar-refractivity contribution is 0.0914. The van der Waals surface area contributed by atoms with Gasteiger partial charge in [-0.1, -0.05) is 13.0 Å². The summed E-state index contributed by atoms with van der Waals surface area (Å²) in [6, 6.07) is 7.29. The number of hydrogen-bond acceptors (Lipinski definition) is 5. The summed E-state index contributed by atoms with van der Waals surface area (Å²) in [5.41, 5.74) is 0.581. The second kappa shape index (κ2) is 7.19. The van der Waals surface area contributed by atoms with Gasteiger partial charge in [0.15, 0.2) is 0 Å². The van der Waals surface area contributed by atoms with Gasteiger partial charge in [-0.25, -0.2) is 4.98 Å². The van der Waals surface area contributed by atoms with Crippen LogP contribution in [0.4, 0.5) is 0 Å². The van der Waals surface area contributed by atoms with Gasteiger partial charge < -0.3 is 15.4 Å². The number of carbonyl (C=O) groups excluding carboxylic acids is 1. The first kappa shape index (κ1) is 15.4. The van der Waals surface area contributed by atoms with E-state index in [1.807, 2.05) is 0 Å². The molecule has 23 heavy (non-hydrogen) atoms. The first-order chi connectivity index (χ1) is 11.2. The van der Waals surface area contributed by atoms with Crippen LogP contribution in [0.1, 0.15) is 23.7 Å². The fraction of sp³-hybridized carbons (Fsp3) is 0.353. The third-order valence-corrected chi connectivity index (χ3v) is 3.96. The molecule has 6 nitrogen and oxygen atoms in total. The van der Waals surface area contributed by atoms with E-state index >= 15 is 0 Å². The van der Waals surface area contributed by atoms with Crippen LogP contribution < -0.4 is 15.4 Å². The molecular formula is C17H20N4O2. The minimum atomic E-state index is -0.0756. The molecule has 0 bridgehead atoms. The SMILES string of the molecule is CC1CNCCC1NC(=O)c1cccc(Oc2cnccn2)c1. The molecule has 3 rings (SSSR count). The fourth-order valence-electron chi connectivity index (χ4n) is 2.64. The highest BCUT2D eigenvalue weighted by atomic mass is 16.5. The van der Waals surface area contributed by atoms with Gasteiger partial charge in [0.25, 0.3) is 5.91 Å². The van der Waals surface area contributed by atoms with Crippen LogP contribution in [0.5, 0.6) is 11.6 Å². The third kappa shape index (κ3) is 4.04. The minimum Gasteiger partial charge on any atom is -0.437 e. The van der Waals surface area contributed by atoms with Crippen LogP contribution >= 0.6 is 0 Å². The van der Waals surface area contributed by atoms with E-state index in [2.05, 4.69) is 27.5 Å². The number of piperidine rings is 1. The van der Waals surface area contributed by atoms with Crippen molar-refractivity contribution in [1.82, 2.24) is 20.6 Å². The van der Waals surface area contributed by atoms with E-state index in [4.69, 9.17) is 4.74 Å². The van der Waals surface area contributed by atoms with Crippen LogP contribution in [0, 0.1) is 5.92 Å². The molecule has 2 aromatic rings. The van der Waals surface area contributed by atoms with Crippen LogP contribution in [0.25, 0.3) is 0 Å². The Morgan fingerprint density at radius 2 is 2.30 bits per heavy atom. The van der Waals surface area contributed by atoms with Gasteiger partial charge in [-0.05, 0) is 43.6 Å². The van der Waals surface area contributed by atoms with Crippen molar-refractivity contribution in [3.63, 3.8) is 0 Å². The third-order valence-electron chi connectivity index (χ3n) is 3.96. The molecule has 0 spiro atoms. The highest BCUT2D eigenvalue weighted by molar-refractivity contribution is 5.94. The quantitative estimate of drug-likeness (QED) is 0.903. The zero-order valence-corrected chi connectivity index (χ0v) is 13.0. The molecule has 120 valence electrons.